The fourth-order valence-electron chi connectivity index (χ4n) is 2.32. The Morgan fingerprint density at radius 2 is 1.93 bits per heavy atom. The SMILES string of the molecule is N=C(N)Nc1cccc(C(=O)NCC(=O)NC(CC(=O)O)c2cncnc2)c1. The Hall–Kier alpha value is -4.02. The van der Waals surface area contributed by atoms with E-state index >= 15 is 0 Å². The number of guanidine groups is 1. The normalized spacial score (nSPS) is 11.1. The van der Waals surface area contributed by atoms with Gasteiger partial charge >= 0.3 is 5.97 Å². The summed E-state index contributed by atoms with van der Waals surface area (Å²) in [5, 5.41) is 23.8. The largest absolute Gasteiger partial charge is 0.481 e. The lowest BCUT2D eigenvalue weighted by molar-refractivity contribution is -0.137. The molecule has 0 bridgehead atoms. The van der Waals surface area contributed by atoms with Gasteiger partial charge in [0, 0.05) is 29.2 Å². The molecule has 2 amide bonds. The highest BCUT2D eigenvalue weighted by molar-refractivity contribution is 5.98. The Morgan fingerprint density at radius 1 is 1.21 bits per heavy atom. The molecule has 0 saturated carbocycles. The number of carbonyl (C=O) groups excluding carboxylic acids is 2. The van der Waals surface area contributed by atoms with Crippen molar-refractivity contribution in [2.24, 2.45) is 5.73 Å². The number of hydrogen-bond donors (Lipinski definition) is 6. The quantitative estimate of drug-likeness (QED) is 0.267. The summed E-state index contributed by atoms with van der Waals surface area (Å²) in [5.41, 5.74) is 6.40. The molecule has 0 spiro atoms. The van der Waals surface area contributed by atoms with Crippen LogP contribution in [0.5, 0.6) is 0 Å². The molecule has 0 radical (unpaired) electrons. The second-order valence-electron chi connectivity index (χ2n) is 5.69. The van der Waals surface area contributed by atoms with Crippen LogP contribution in [0.15, 0.2) is 43.0 Å². The van der Waals surface area contributed by atoms with Crippen LogP contribution in [0.25, 0.3) is 0 Å². The van der Waals surface area contributed by atoms with E-state index in [0.717, 1.165) is 0 Å². The molecular formula is C17H19N7O4. The molecule has 1 atom stereocenters. The summed E-state index contributed by atoms with van der Waals surface area (Å²) < 4.78 is 0. The molecule has 1 aromatic carbocycles. The highest BCUT2D eigenvalue weighted by Crippen LogP contribution is 2.14. The van der Waals surface area contributed by atoms with E-state index in [-0.39, 0.29) is 24.5 Å². The zero-order valence-electron chi connectivity index (χ0n) is 14.7. The predicted molar refractivity (Wildman–Crippen MR) is 99.5 cm³/mol. The van der Waals surface area contributed by atoms with E-state index in [9.17, 15) is 14.4 Å². The Balaban J connectivity index is 1.95. The first-order valence-electron chi connectivity index (χ1n) is 8.10. The maximum atomic E-state index is 12.2. The van der Waals surface area contributed by atoms with Gasteiger partial charge in [0.05, 0.1) is 19.0 Å². The van der Waals surface area contributed by atoms with Crippen molar-refractivity contribution in [1.82, 2.24) is 20.6 Å². The number of carbonyl (C=O) groups is 3. The number of nitrogens with one attached hydrogen (secondary N) is 4. The Morgan fingerprint density at radius 3 is 2.57 bits per heavy atom. The van der Waals surface area contributed by atoms with Gasteiger partial charge in [-0.15, -0.1) is 0 Å². The zero-order chi connectivity index (χ0) is 20.5. The lowest BCUT2D eigenvalue weighted by atomic mass is 10.1. The van der Waals surface area contributed by atoms with Gasteiger partial charge in [0.1, 0.15) is 6.33 Å². The minimum Gasteiger partial charge on any atom is -0.481 e. The van der Waals surface area contributed by atoms with Crippen LogP contribution < -0.4 is 21.7 Å². The van der Waals surface area contributed by atoms with Crippen molar-refractivity contribution in [1.29, 1.82) is 5.41 Å². The minimum absolute atomic E-state index is 0.262. The van der Waals surface area contributed by atoms with Crippen molar-refractivity contribution in [3.05, 3.63) is 54.1 Å². The highest BCUT2D eigenvalue weighted by Gasteiger charge is 2.19. The third-order valence-corrected chi connectivity index (χ3v) is 3.51. The lowest BCUT2D eigenvalue weighted by Gasteiger charge is -2.17. The number of amides is 2. The number of hydrogen-bond acceptors (Lipinski definition) is 6. The molecule has 0 aliphatic carbocycles. The summed E-state index contributed by atoms with van der Waals surface area (Å²) in [7, 11) is 0. The van der Waals surface area contributed by atoms with E-state index in [2.05, 4.69) is 25.9 Å². The smallest absolute Gasteiger partial charge is 0.305 e. The van der Waals surface area contributed by atoms with E-state index in [0.29, 0.717) is 11.3 Å². The number of rotatable bonds is 8. The van der Waals surface area contributed by atoms with Crippen molar-refractivity contribution in [3.63, 3.8) is 0 Å². The van der Waals surface area contributed by atoms with Gasteiger partial charge in [0.25, 0.3) is 5.91 Å². The molecule has 7 N–H and O–H groups in total. The number of aromatic nitrogens is 2. The number of carboxylic acid groups (broad SMARTS) is 1. The Kier molecular flexibility index (Phi) is 6.97. The van der Waals surface area contributed by atoms with Crippen LogP contribution in [0.2, 0.25) is 0 Å². The molecule has 11 nitrogen and oxygen atoms in total. The molecular weight excluding hydrogens is 366 g/mol. The highest BCUT2D eigenvalue weighted by atomic mass is 16.4. The van der Waals surface area contributed by atoms with Gasteiger partial charge in [-0.05, 0) is 18.2 Å². The van der Waals surface area contributed by atoms with Crippen LogP contribution in [0.4, 0.5) is 5.69 Å². The first-order chi connectivity index (χ1) is 13.3. The summed E-state index contributed by atoms with van der Waals surface area (Å²) >= 11 is 0. The third-order valence-electron chi connectivity index (χ3n) is 3.51. The number of anilines is 1. The molecule has 0 aliphatic heterocycles. The van der Waals surface area contributed by atoms with Gasteiger partial charge in [-0.25, -0.2) is 9.97 Å². The fourth-order valence-corrected chi connectivity index (χ4v) is 2.32. The number of nitrogens with two attached hydrogens (primary N) is 1. The lowest BCUT2D eigenvalue weighted by Crippen LogP contribution is -2.39. The van der Waals surface area contributed by atoms with Crippen LogP contribution in [-0.4, -0.2) is 45.4 Å². The number of carboxylic acids is 1. The molecule has 0 fully saturated rings. The van der Waals surface area contributed by atoms with E-state index in [1.807, 2.05) is 0 Å². The van der Waals surface area contributed by atoms with Crippen molar-refractivity contribution in [2.45, 2.75) is 12.5 Å². The number of nitrogens with zero attached hydrogens (tertiary/aromatic N) is 2. The molecule has 1 aromatic heterocycles. The van der Waals surface area contributed by atoms with Crippen molar-refractivity contribution < 1.29 is 19.5 Å². The summed E-state index contributed by atoms with van der Waals surface area (Å²) in [6.07, 6.45) is 3.75. The van der Waals surface area contributed by atoms with Crippen molar-refractivity contribution >= 4 is 29.4 Å². The average molecular weight is 385 g/mol. The van der Waals surface area contributed by atoms with E-state index < -0.39 is 23.8 Å². The first-order valence-corrected chi connectivity index (χ1v) is 8.10. The van der Waals surface area contributed by atoms with Gasteiger partial charge in [0.2, 0.25) is 5.91 Å². The van der Waals surface area contributed by atoms with Crippen molar-refractivity contribution in [3.8, 4) is 0 Å². The zero-order valence-corrected chi connectivity index (χ0v) is 14.7. The van der Waals surface area contributed by atoms with Crippen LogP contribution in [0.1, 0.15) is 28.4 Å². The topological polar surface area (TPSA) is 183 Å². The predicted octanol–water partition coefficient (Wildman–Crippen LogP) is -0.156. The molecule has 28 heavy (non-hydrogen) atoms. The second-order valence-corrected chi connectivity index (χ2v) is 5.69. The summed E-state index contributed by atoms with van der Waals surface area (Å²) in [6, 6.07) is 5.41. The van der Waals surface area contributed by atoms with Crippen LogP contribution in [0.3, 0.4) is 0 Å². The van der Waals surface area contributed by atoms with Crippen LogP contribution in [-0.2, 0) is 9.59 Å². The average Bonchev–Trinajstić information content (AvgIpc) is 2.65. The second kappa shape index (κ2) is 9.62. The molecule has 2 rings (SSSR count). The Labute approximate surface area is 159 Å². The number of aliphatic carboxylic acids is 1. The van der Waals surface area contributed by atoms with E-state index in [1.165, 1.54) is 30.9 Å². The van der Waals surface area contributed by atoms with Crippen molar-refractivity contribution in [2.75, 3.05) is 11.9 Å². The summed E-state index contributed by atoms with van der Waals surface area (Å²) in [5.74, 6) is -2.46. The van der Waals surface area contributed by atoms with Crippen LogP contribution >= 0.6 is 0 Å². The minimum atomic E-state index is -1.10. The van der Waals surface area contributed by atoms with Gasteiger partial charge in [-0.1, -0.05) is 6.07 Å². The fraction of sp³-hybridized carbons (Fsp3) is 0.176. The summed E-state index contributed by atoms with van der Waals surface area (Å²) in [6.45, 7) is -0.354. The van der Waals surface area contributed by atoms with Gasteiger partial charge in [-0.3, -0.25) is 19.8 Å². The number of benzene rings is 1. The maximum Gasteiger partial charge on any atom is 0.305 e. The molecule has 146 valence electrons. The summed E-state index contributed by atoms with van der Waals surface area (Å²) in [4.78, 5) is 43.0. The van der Waals surface area contributed by atoms with E-state index in [1.54, 1.807) is 12.1 Å². The Bertz CT molecular complexity index is 873. The monoisotopic (exact) mass is 385 g/mol. The van der Waals surface area contributed by atoms with E-state index in [4.69, 9.17) is 16.2 Å². The molecule has 2 aromatic rings. The van der Waals surface area contributed by atoms with Gasteiger partial charge in [0.15, 0.2) is 5.96 Å². The molecule has 11 heteroatoms. The maximum absolute atomic E-state index is 12.2. The van der Waals surface area contributed by atoms with Gasteiger partial charge in [-0.2, -0.15) is 0 Å². The van der Waals surface area contributed by atoms with Crippen LogP contribution in [0, 0.1) is 5.41 Å². The first kappa shape index (κ1) is 20.3. The van der Waals surface area contributed by atoms with Gasteiger partial charge < -0.3 is 26.8 Å². The molecule has 0 saturated heterocycles. The third kappa shape index (κ3) is 6.37. The molecule has 0 aliphatic rings. The standard InChI is InChI=1S/C17H19N7O4/c18-17(19)23-12-3-1-2-10(4-12)16(28)22-8-14(25)24-13(5-15(26)27)11-6-20-9-21-7-11/h1-4,6-7,9,13H,5,8H2,(H,22,28)(H,24,25)(H,26,27)(H4,18,19,23). The molecule has 1 unspecified atom stereocenters. The molecule has 1 heterocycles.